The van der Waals surface area contributed by atoms with E-state index in [1.807, 2.05) is 24.3 Å². The summed E-state index contributed by atoms with van der Waals surface area (Å²) >= 11 is 12.7. The number of nitrogens with one attached hydrogen (secondary N) is 1. The predicted octanol–water partition coefficient (Wildman–Crippen LogP) is 6.02. The monoisotopic (exact) mass is 514 g/mol. The van der Waals surface area contributed by atoms with Crippen LogP contribution in [-0.2, 0) is 9.53 Å². The van der Waals surface area contributed by atoms with Crippen LogP contribution >= 0.6 is 23.2 Å². The molecule has 3 aromatic carbocycles. The Bertz CT molecular complexity index is 1330. The minimum absolute atomic E-state index is 0.00323. The molecule has 1 fully saturated rings. The highest BCUT2D eigenvalue weighted by atomic mass is 35.5. The highest BCUT2D eigenvalue weighted by molar-refractivity contribution is 6.39. The van der Waals surface area contributed by atoms with Gasteiger partial charge in [0.2, 0.25) is 0 Å². The number of aliphatic hydroxyl groups is 1. The van der Waals surface area contributed by atoms with Crippen LogP contribution in [0.1, 0.15) is 11.1 Å². The van der Waals surface area contributed by atoms with Crippen molar-refractivity contribution in [3.63, 3.8) is 0 Å². The van der Waals surface area contributed by atoms with Crippen molar-refractivity contribution in [3.8, 4) is 16.9 Å². The number of methoxy groups -OCH3 is 1. The van der Waals surface area contributed by atoms with E-state index in [1.165, 1.54) is 13.2 Å². The number of amides is 1. The van der Waals surface area contributed by atoms with Crippen molar-refractivity contribution in [3.05, 3.63) is 75.5 Å². The van der Waals surface area contributed by atoms with Gasteiger partial charge >= 0.3 is 0 Å². The molecule has 0 aromatic heterocycles. The van der Waals surface area contributed by atoms with E-state index in [9.17, 15) is 14.3 Å². The normalized spacial score (nSPS) is 16.7. The van der Waals surface area contributed by atoms with E-state index in [0.717, 1.165) is 30.4 Å². The lowest BCUT2D eigenvalue weighted by Crippen LogP contribution is -2.36. The third-order valence-electron chi connectivity index (χ3n) is 6.12. The summed E-state index contributed by atoms with van der Waals surface area (Å²) in [4.78, 5) is 15.0. The Morgan fingerprint density at radius 3 is 2.43 bits per heavy atom. The molecule has 0 unspecified atom stereocenters. The number of hydrogen-bond acceptors (Lipinski definition) is 5. The summed E-state index contributed by atoms with van der Waals surface area (Å²) in [6, 6.07) is 13.8. The number of aliphatic hydroxyl groups excluding tert-OH is 1. The van der Waals surface area contributed by atoms with Crippen molar-refractivity contribution in [2.45, 2.75) is 0 Å². The maximum absolute atomic E-state index is 14.4. The van der Waals surface area contributed by atoms with Gasteiger partial charge in [0.15, 0.2) is 11.6 Å². The van der Waals surface area contributed by atoms with Gasteiger partial charge in [0, 0.05) is 35.5 Å². The van der Waals surface area contributed by atoms with E-state index in [2.05, 4.69) is 10.2 Å². The van der Waals surface area contributed by atoms with E-state index in [0.29, 0.717) is 35.1 Å². The number of carbonyl (C=O) groups excluding carboxylic acids is 1. The largest absolute Gasteiger partial charge is 0.506 e. The van der Waals surface area contributed by atoms with E-state index in [4.69, 9.17) is 32.7 Å². The lowest BCUT2D eigenvalue weighted by atomic mass is 9.97. The van der Waals surface area contributed by atoms with Crippen molar-refractivity contribution in [2.24, 2.45) is 0 Å². The van der Waals surface area contributed by atoms with Gasteiger partial charge in [0.25, 0.3) is 5.91 Å². The van der Waals surface area contributed by atoms with Crippen LogP contribution < -0.4 is 15.0 Å². The van der Waals surface area contributed by atoms with E-state index < -0.39 is 17.5 Å². The van der Waals surface area contributed by atoms with Crippen molar-refractivity contribution in [1.82, 2.24) is 0 Å². The zero-order valence-corrected chi connectivity index (χ0v) is 20.2. The van der Waals surface area contributed by atoms with Gasteiger partial charge in [-0.15, -0.1) is 0 Å². The second kappa shape index (κ2) is 9.41. The second-order valence-corrected chi connectivity index (χ2v) is 8.99. The summed E-state index contributed by atoms with van der Waals surface area (Å²) in [5, 5.41) is 14.1. The maximum Gasteiger partial charge on any atom is 0.260 e. The van der Waals surface area contributed by atoms with Crippen molar-refractivity contribution in [1.29, 1.82) is 0 Å². The average Bonchev–Trinajstić information content (AvgIpc) is 3.17. The summed E-state index contributed by atoms with van der Waals surface area (Å²) in [7, 11) is 1.29. The molecule has 2 N–H and O–H groups in total. The Kier molecular flexibility index (Phi) is 6.32. The lowest BCUT2D eigenvalue weighted by Gasteiger charge is -2.29. The molecule has 0 bridgehead atoms. The number of rotatable bonds is 4. The Morgan fingerprint density at radius 1 is 1.06 bits per heavy atom. The number of halogens is 3. The standard InChI is InChI=1S/C26H21Cl2FN2O4/c1-34-25-20(28)10-15(11-21(25)29)24(32)23-18-12-17(19(27)13-22(18)30-26(23)33)14-2-4-16(5-3-14)31-6-8-35-9-7-31/h2-5,10-13,32H,6-9H2,1H3,(H,30,33)/b24-23-. The quantitative estimate of drug-likeness (QED) is 0.329. The van der Waals surface area contributed by atoms with Gasteiger partial charge in [-0.3, -0.25) is 4.79 Å². The molecule has 0 spiro atoms. The van der Waals surface area contributed by atoms with E-state index >= 15 is 0 Å². The molecule has 9 heteroatoms. The van der Waals surface area contributed by atoms with Crippen LogP contribution in [0.4, 0.5) is 15.8 Å². The fourth-order valence-corrected chi connectivity index (χ4v) is 4.91. The van der Waals surface area contributed by atoms with Crippen LogP contribution in [0.5, 0.6) is 5.75 Å². The molecule has 2 aliphatic heterocycles. The van der Waals surface area contributed by atoms with Crippen LogP contribution in [0.2, 0.25) is 10.0 Å². The summed E-state index contributed by atoms with van der Waals surface area (Å²) < 4.78 is 24.7. The smallest absolute Gasteiger partial charge is 0.260 e. The first-order chi connectivity index (χ1) is 16.9. The molecule has 0 aliphatic carbocycles. The van der Waals surface area contributed by atoms with Gasteiger partial charge in [-0.05, 0) is 42.0 Å². The number of fused-ring (bicyclic) bond motifs is 1. The van der Waals surface area contributed by atoms with Gasteiger partial charge in [0.05, 0.1) is 41.6 Å². The highest BCUT2D eigenvalue weighted by Gasteiger charge is 2.30. The molecule has 0 saturated carbocycles. The number of anilines is 2. The summed E-state index contributed by atoms with van der Waals surface area (Å²) in [5.41, 5.74) is 3.60. The third kappa shape index (κ3) is 4.31. The summed E-state index contributed by atoms with van der Waals surface area (Å²) in [6.07, 6.45) is 0. The molecule has 1 amide bonds. The maximum atomic E-state index is 14.4. The lowest BCUT2D eigenvalue weighted by molar-refractivity contribution is -0.110. The molecule has 0 atom stereocenters. The fourth-order valence-electron chi connectivity index (χ4n) is 4.36. The highest BCUT2D eigenvalue weighted by Crippen LogP contribution is 2.43. The minimum Gasteiger partial charge on any atom is -0.506 e. The molecule has 0 radical (unpaired) electrons. The summed E-state index contributed by atoms with van der Waals surface area (Å²) in [5.74, 6) is -1.82. The van der Waals surface area contributed by atoms with E-state index in [1.54, 1.807) is 12.1 Å². The van der Waals surface area contributed by atoms with E-state index in [-0.39, 0.29) is 21.9 Å². The Morgan fingerprint density at radius 2 is 1.77 bits per heavy atom. The SMILES string of the molecule is COc1c(F)cc(/C(O)=C2/C(=O)Nc3cc(Cl)c(-c4ccc(N5CCOCC5)cc4)cc32)cc1Cl. The van der Waals surface area contributed by atoms with Crippen LogP contribution in [0, 0.1) is 5.82 Å². The fraction of sp³-hybridized carbons (Fsp3) is 0.192. The first-order valence-electron chi connectivity index (χ1n) is 10.9. The number of benzene rings is 3. The molecule has 35 heavy (non-hydrogen) atoms. The molecular weight excluding hydrogens is 494 g/mol. The molecule has 3 aromatic rings. The zero-order valence-electron chi connectivity index (χ0n) is 18.7. The first kappa shape index (κ1) is 23.5. The Balaban J connectivity index is 1.55. The van der Waals surface area contributed by atoms with Crippen LogP contribution in [0.25, 0.3) is 22.5 Å². The first-order valence-corrected chi connectivity index (χ1v) is 11.7. The number of hydrogen-bond donors (Lipinski definition) is 2. The van der Waals surface area contributed by atoms with Crippen molar-refractivity contribution < 1.29 is 23.8 Å². The van der Waals surface area contributed by atoms with Crippen molar-refractivity contribution >= 4 is 51.8 Å². The number of carbonyl (C=O) groups is 1. The molecule has 180 valence electrons. The van der Waals surface area contributed by atoms with Gasteiger partial charge < -0.3 is 24.8 Å². The van der Waals surface area contributed by atoms with Gasteiger partial charge in [-0.2, -0.15) is 0 Å². The van der Waals surface area contributed by atoms with Crippen LogP contribution in [0.3, 0.4) is 0 Å². The number of morpholine rings is 1. The van der Waals surface area contributed by atoms with Crippen LogP contribution in [0.15, 0.2) is 48.5 Å². The molecule has 6 nitrogen and oxygen atoms in total. The summed E-state index contributed by atoms with van der Waals surface area (Å²) in [6.45, 7) is 3.05. The minimum atomic E-state index is -0.752. The predicted molar refractivity (Wildman–Crippen MR) is 136 cm³/mol. The Hall–Kier alpha value is -3.26. The number of ether oxygens (including phenoxy) is 2. The molecule has 2 heterocycles. The van der Waals surface area contributed by atoms with Crippen LogP contribution in [-0.4, -0.2) is 44.4 Å². The van der Waals surface area contributed by atoms with Gasteiger partial charge in [-0.1, -0.05) is 35.3 Å². The van der Waals surface area contributed by atoms with Crippen molar-refractivity contribution in [2.75, 3.05) is 43.6 Å². The van der Waals surface area contributed by atoms with Gasteiger partial charge in [0.1, 0.15) is 5.76 Å². The molecule has 2 aliphatic rings. The third-order valence-corrected chi connectivity index (χ3v) is 6.71. The topological polar surface area (TPSA) is 71.0 Å². The molecular formula is C26H21Cl2FN2O4. The second-order valence-electron chi connectivity index (χ2n) is 8.17. The Labute approximate surface area is 211 Å². The average molecular weight is 515 g/mol. The van der Waals surface area contributed by atoms with Gasteiger partial charge in [-0.25, -0.2) is 4.39 Å². The molecule has 1 saturated heterocycles. The zero-order chi connectivity index (χ0) is 24.7. The molecule has 5 rings (SSSR count). The number of nitrogens with zero attached hydrogens (tertiary/aromatic N) is 1.